The molecule has 0 bridgehead atoms. The molecule has 3 N–H and O–H groups in total. The SMILES string of the molecule is NS(=O)(=O)CCN1CC(CC(=O)O)c2ccccc21. The summed E-state index contributed by atoms with van der Waals surface area (Å²) in [5.41, 5.74) is 1.86. The quantitative estimate of drug-likeness (QED) is 0.812. The molecule has 0 aromatic heterocycles. The molecule has 104 valence electrons. The van der Waals surface area contributed by atoms with Gasteiger partial charge in [-0.2, -0.15) is 0 Å². The first-order chi connectivity index (χ1) is 8.87. The van der Waals surface area contributed by atoms with E-state index in [1.165, 1.54) is 0 Å². The Morgan fingerprint density at radius 3 is 2.74 bits per heavy atom. The first-order valence-electron chi connectivity index (χ1n) is 5.93. The van der Waals surface area contributed by atoms with Crippen LogP contribution in [0, 0.1) is 0 Å². The minimum Gasteiger partial charge on any atom is -0.481 e. The lowest BCUT2D eigenvalue weighted by atomic mass is 9.98. The lowest BCUT2D eigenvalue weighted by Crippen LogP contribution is -2.31. The molecule has 1 aromatic rings. The number of benzene rings is 1. The van der Waals surface area contributed by atoms with Crippen molar-refractivity contribution in [2.45, 2.75) is 12.3 Å². The molecule has 1 aliphatic rings. The zero-order chi connectivity index (χ0) is 14.0. The van der Waals surface area contributed by atoms with Gasteiger partial charge in [-0.1, -0.05) is 18.2 Å². The van der Waals surface area contributed by atoms with Crippen molar-refractivity contribution in [3.8, 4) is 0 Å². The summed E-state index contributed by atoms with van der Waals surface area (Å²) in [6.07, 6.45) is 0.0445. The molecule has 0 saturated carbocycles. The topological polar surface area (TPSA) is 101 Å². The van der Waals surface area contributed by atoms with Crippen LogP contribution in [0.2, 0.25) is 0 Å². The van der Waals surface area contributed by atoms with Crippen LogP contribution in [0.25, 0.3) is 0 Å². The average Bonchev–Trinajstić information content (AvgIpc) is 2.64. The van der Waals surface area contributed by atoms with E-state index in [2.05, 4.69) is 0 Å². The molecule has 1 atom stereocenters. The Balaban J connectivity index is 2.18. The van der Waals surface area contributed by atoms with Crippen LogP contribution < -0.4 is 10.0 Å². The van der Waals surface area contributed by atoms with Crippen molar-refractivity contribution < 1.29 is 18.3 Å². The van der Waals surface area contributed by atoms with Crippen LogP contribution in [-0.4, -0.2) is 38.3 Å². The smallest absolute Gasteiger partial charge is 0.304 e. The molecule has 6 nitrogen and oxygen atoms in total. The van der Waals surface area contributed by atoms with Gasteiger partial charge in [-0.25, -0.2) is 13.6 Å². The number of hydrogen-bond donors (Lipinski definition) is 2. The lowest BCUT2D eigenvalue weighted by Gasteiger charge is -2.18. The van der Waals surface area contributed by atoms with E-state index in [-0.39, 0.29) is 24.6 Å². The van der Waals surface area contributed by atoms with Gasteiger partial charge in [0.1, 0.15) is 0 Å². The van der Waals surface area contributed by atoms with Gasteiger partial charge in [0.2, 0.25) is 10.0 Å². The van der Waals surface area contributed by atoms with Crippen LogP contribution >= 0.6 is 0 Å². The third-order valence-electron chi connectivity index (χ3n) is 3.22. The predicted molar refractivity (Wildman–Crippen MR) is 71.6 cm³/mol. The molecule has 1 aromatic carbocycles. The molecule has 0 saturated heterocycles. The van der Waals surface area contributed by atoms with Crippen LogP contribution in [0.1, 0.15) is 17.9 Å². The van der Waals surface area contributed by atoms with Gasteiger partial charge in [-0.3, -0.25) is 4.79 Å². The third-order valence-corrected chi connectivity index (χ3v) is 3.98. The highest BCUT2D eigenvalue weighted by Crippen LogP contribution is 2.37. The van der Waals surface area contributed by atoms with Crippen LogP contribution in [0.3, 0.4) is 0 Å². The Hall–Kier alpha value is -1.60. The van der Waals surface area contributed by atoms with E-state index in [1.54, 1.807) is 0 Å². The van der Waals surface area contributed by atoms with Crippen LogP contribution in [0.5, 0.6) is 0 Å². The summed E-state index contributed by atoms with van der Waals surface area (Å²) in [6, 6.07) is 7.48. The second kappa shape index (κ2) is 5.18. The van der Waals surface area contributed by atoms with Crippen molar-refractivity contribution in [3.63, 3.8) is 0 Å². The van der Waals surface area contributed by atoms with Gasteiger partial charge in [-0.15, -0.1) is 0 Å². The summed E-state index contributed by atoms with van der Waals surface area (Å²) < 4.78 is 22.0. The lowest BCUT2D eigenvalue weighted by molar-refractivity contribution is -0.137. The largest absolute Gasteiger partial charge is 0.481 e. The number of fused-ring (bicyclic) bond motifs is 1. The maximum absolute atomic E-state index is 11.0. The fraction of sp³-hybridized carbons (Fsp3) is 0.417. The average molecular weight is 284 g/mol. The number of carbonyl (C=O) groups is 1. The monoisotopic (exact) mass is 284 g/mol. The highest BCUT2D eigenvalue weighted by atomic mass is 32.2. The second-order valence-corrected chi connectivity index (χ2v) is 6.40. The maximum Gasteiger partial charge on any atom is 0.304 e. The first kappa shape index (κ1) is 13.8. The number of sulfonamides is 1. The third kappa shape index (κ3) is 3.45. The molecule has 2 rings (SSSR count). The summed E-state index contributed by atoms with van der Waals surface area (Å²) >= 11 is 0. The standard InChI is InChI=1S/C12H16N2O4S/c13-19(17,18)6-5-14-8-9(7-12(15)16)10-3-1-2-4-11(10)14/h1-4,9H,5-8H2,(H,15,16)(H2,13,17,18). The normalized spacial score (nSPS) is 18.4. The Morgan fingerprint density at radius 2 is 2.11 bits per heavy atom. The fourth-order valence-corrected chi connectivity index (χ4v) is 2.89. The van der Waals surface area contributed by atoms with Crippen molar-refractivity contribution in [1.29, 1.82) is 0 Å². The number of hydrogen-bond acceptors (Lipinski definition) is 4. The zero-order valence-electron chi connectivity index (χ0n) is 10.3. The van der Waals surface area contributed by atoms with Crippen LogP contribution in [0.4, 0.5) is 5.69 Å². The Bertz CT molecular complexity index is 585. The minimum absolute atomic E-state index is 0.0445. The number of anilines is 1. The van der Waals surface area contributed by atoms with Crippen molar-refractivity contribution >= 4 is 21.7 Å². The van der Waals surface area contributed by atoms with Gasteiger partial charge in [-0.05, 0) is 11.6 Å². The molecular formula is C12H16N2O4S. The van der Waals surface area contributed by atoms with E-state index in [1.807, 2.05) is 29.2 Å². The summed E-state index contributed by atoms with van der Waals surface area (Å²) in [6.45, 7) is 0.799. The Labute approximate surface area is 111 Å². The molecule has 0 spiro atoms. The van der Waals surface area contributed by atoms with Crippen molar-refractivity contribution in [2.75, 3.05) is 23.7 Å². The Kier molecular flexibility index (Phi) is 3.77. The van der Waals surface area contributed by atoms with E-state index in [0.717, 1.165) is 11.3 Å². The molecule has 0 fully saturated rings. The fourth-order valence-electron chi connectivity index (χ4n) is 2.42. The van der Waals surface area contributed by atoms with Gasteiger partial charge in [0, 0.05) is 24.7 Å². The van der Waals surface area contributed by atoms with E-state index in [0.29, 0.717) is 6.54 Å². The van der Waals surface area contributed by atoms with Gasteiger partial charge in [0.25, 0.3) is 0 Å². The van der Waals surface area contributed by atoms with Crippen LogP contribution in [-0.2, 0) is 14.8 Å². The number of primary sulfonamides is 1. The number of aliphatic carboxylic acids is 1. The van der Waals surface area contributed by atoms with Gasteiger partial charge >= 0.3 is 5.97 Å². The summed E-state index contributed by atoms with van der Waals surface area (Å²) in [4.78, 5) is 12.7. The maximum atomic E-state index is 11.0. The van der Waals surface area contributed by atoms with Crippen LogP contribution in [0.15, 0.2) is 24.3 Å². The zero-order valence-corrected chi connectivity index (χ0v) is 11.1. The van der Waals surface area contributed by atoms with Gasteiger partial charge in [0.05, 0.1) is 12.2 Å². The highest BCUT2D eigenvalue weighted by Gasteiger charge is 2.29. The summed E-state index contributed by atoms with van der Waals surface area (Å²) in [5.74, 6) is -1.09. The predicted octanol–water partition coefficient (Wildman–Crippen LogP) is 0.353. The van der Waals surface area contributed by atoms with E-state index in [9.17, 15) is 13.2 Å². The molecule has 0 aliphatic carbocycles. The second-order valence-electron chi connectivity index (χ2n) is 4.67. The number of para-hydroxylation sites is 1. The molecule has 7 heteroatoms. The summed E-state index contributed by atoms with van der Waals surface area (Å²) in [5, 5.41) is 13.9. The van der Waals surface area contributed by atoms with Crippen molar-refractivity contribution in [2.24, 2.45) is 5.14 Å². The van der Waals surface area contributed by atoms with Gasteiger partial charge in [0.15, 0.2) is 0 Å². The number of nitrogens with zero attached hydrogens (tertiary/aromatic N) is 1. The molecule has 1 heterocycles. The molecule has 1 unspecified atom stereocenters. The number of carboxylic acids is 1. The number of carboxylic acid groups (broad SMARTS) is 1. The Morgan fingerprint density at radius 1 is 1.42 bits per heavy atom. The molecule has 1 aliphatic heterocycles. The highest BCUT2D eigenvalue weighted by molar-refractivity contribution is 7.89. The van der Waals surface area contributed by atoms with E-state index < -0.39 is 16.0 Å². The van der Waals surface area contributed by atoms with Crippen molar-refractivity contribution in [3.05, 3.63) is 29.8 Å². The van der Waals surface area contributed by atoms with E-state index in [4.69, 9.17) is 10.2 Å². The first-order valence-corrected chi connectivity index (χ1v) is 7.64. The molecule has 19 heavy (non-hydrogen) atoms. The van der Waals surface area contributed by atoms with Gasteiger partial charge < -0.3 is 10.0 Å². The molecular weight excluding hydrogens is 268 g/mol. The minimum atomic E-state index is -3.51. The van der Waals surface area contributed by atoms with E-state index >= 15 is 0 Å². The summed E-state index contributed by atoms with van der Waals surface area (Å²) in [7, 11) is -3.51. The number of nitrogens with two attached hydrogens (primary N) is 1. The number of rotatable bonds is 5. The molecule has 0 radical (unpaired) electrons. The van der Waals surface area contributed by atoms with Crippen molar-refractivity contribution in [1.82, 2.24) is 0 Å². The molecule has 0 amide bonds.